The molecule has 1 aliphatic rings. The van der Waals surface area contributed by atoms with E-state index in [4.69, 9.17) is 25.8 Å². The summed E-state index contributed by atoms with van der Waals surface area (Å²) in [4.78, 5) is 12.5. The van der Waals surface area contributed by atoms with Gasteiger partial charge in [-0.3, -0.25) is 4.79 Å². The van der Waals surface area contributed by atoms with Crippen LogP contribution in [0.3, 0.4) is 0 Å². The van der Waals surface area contributed by atoms with Gasteiger partial charge in [-0.1, -0.05) is 73.3 Å². The maximum absolute atomic E-state index is 12.5. The summed E-state index contributed by atoms with van der Waals surface area (Å²) in [5.41, 5.74) is 5.50. The van der Waals surface area contributed by atoms with E-state index in [1.54, 1.807) is 12.3 Å². The van der Waals surface area contributed by atoms with Gasteiger partial charge in [0.05, 0.1) is 12.8 Å². The number of benzene rings is 4. The lowest BCUT2D eigenvalue weighted by atomic mass is 9.84. The summed E-state index contributed by atoms with van der Waals surface area (Å²) in [7, 11) is 0. The fourth-order valence-electron chi connectivity index (χ4n) is 5.30. The topological polar surface area (TPSA) is 69.2 Å². The second-order valence-electron chi connectivity index (χ2n) is 10.2. The number of nitrogens with one attached hydrogen (secondary N) is 1. The zero-order valence-corrected chi connectivity index (χ0v) is 24.0. The van der Waals surface area contributed by atoms with Crippen LogP contribution in [0.4, 0.5) is 0 Å². The number of hydrogen-bond donors (Lipinski definition) is 1. The van der Waals surface area contributed by atoms with Crippen LogP contribution < -0.4 is 19.6 Å². The van der Waals surface area contributed by atoms with Gasteiger partial charge in [-0.05, 0) is 89.5 Å². The van der Waals surface area contributed by atoms with E-state index in [-0.39, 0.29) is 12.5 Å². The van der Waals surface area contributed by atoms with Crippen LogP contribution in [0.25, 0.3) is 10.8 Å². The molecular formula is C34H35ClN2O4. The Kier molecular flexibility index (Phi) is 9.76. The SMILES string of the molecule is CCOc1cc(C=NNC(=O)COc2ccc(Cl)cc2C2CCCCC2)ccc1OCc1cccc2ccccc12. The number of rotatable bonds is 11. The van der Waals surface area contributed by atoms with Crippen molar-refractivity contribution in [2.75, 3.05) is 13.2 Å². The molecule has 1 N–H and O–H groups in total. The van der Waals surface area contributed by atoms with Crippen LogP contribution in [-0.2, 0) is 11.4 Å². The number of hydrogen-bond acceptors (Lipinski definition) is 5. The fraction of sp³-hybridized carbons (Fsp3) is 0.294. The molecule has 0 radical (unpaired) electrons. The summed E-state index contributed by atoms with van der Waals surface area (Å²) >= 11 is 6.26. The number of carbonyl (C=O) groups is 1. The van der Waals surface area contributed by atoms with Gasteiger partial charge in [0.25, 0.3) is 5.91 Å². The molecule has 0 aromatic heterocycles. The Morgan fingerprint density at radius 1 is 0.902 bits per heavy atom. The summed E-state index contributed by atoms with van der Waals surface area (Å²) in [6.07, 6.45) is 7.47. The van der Waals surface area contributed by atoms with Gasteiger partial charge in [-0.2, -0.15) is 5.10 Å². The van der Waals surface area contributed by atoms with Gasteiger partial charge in [-0.25, -0.2) is 5.43 Å². The molecule has 7 heteroatoms. The van der Waals surface area contributed by atoms with Crippen molar-refractivity contribution in [1.29, 1.82) is 0 Å². The number of nitrogens with zero attached hydrogens (tertiary/aromatic N) is 1. The van der Waals surface area contributed by atoms with E-state index in [1.165, 1.54) is 24.6 Å². The normalized spacial score (nSPS) is 13.8. The minimum Gasteiger partial charge on any atom is -0.490 e. The lowest BCUT2D eigenvalue weighted by Crippen LogP contribution is -2.25. The first kappa shape index (κ1) is 28.5. The van der Waals surface area contributed by atoms with Crippen LogP contribution in [0.15, 0.2) is 84.0 Å². The van der Waals surface area contributed by atoms with E-state index in [1.807, 2.05) is 55.5 Å². The molecule has 0 unspecified atom stereocenters. The lowest BCUT2D eigenvalue weighted by Gasteiger charge is -2.24. The molecule has 1 saturated carbocycles. The average molecular weight is 571 g/mol. The number of hydrazone groups is 1. The molecule has 1 fully saturated rings. The van der Waals surface area contributed by atoms with Gasteiger partial charge in [0.1, 0.15) is 12.4 Å². The molecule has 0 saturated heterocycles. The largest absolute Gasteiger partial charge is 0.490 e. The van der Waals surface area contributed by atoms with Crippen LogP contribution in [0.5, 0.6) is 17.2 Å². The molecule has 4 aromatic rings. The van der Waals surface area contributed by atoms with Crippen molar-refractivity contribution < 1.29 is 19.0 Å². The van der Waals surface area contributed by atoms with Gasteiger partial charge >= 0.3 is 0 Å². The summed E-state index contributed by atoms with van der Waals surface area (Å²) in [5, 5.41) is 7.14. The van der Waals surface area contributed by atoms with E-state index < -0.39 is 0 Å². The molecule has 1 aliphatic carbocycles. The first-order valence-electron chi connectivity index (χ1n) is 14.2. The zero-order chi connectivity index (χ0) is 28.4. The van der Waals surface area contributed by atoms with Crippen molar-refractivity contribution in [3.63, 3.8) is 0 Å². The van der Waals surface area contributed by atoms with E-state index in [0.717, 1.165) is 34.9 Å². The smallest absolute Gasteiger partial charge is 0.277 e. The minimum atomic E-state index is -0.342. The molecule has 41 heavy (non-hydrogen) atoms. The summed E-state index contributed by atoms with van der Waals surface area (Å²) < 4.78 is 17.9. The van der Waals surface area contributed by atoms with Gasteiger partial charge in [-0.15, -0.1) is 0 Å². The van der Waals surface area contributed by atoms with E-state index >= 15 is 0 Å². The molecule has 0 bridgehead atoms. The monoisotopic (exact) mass is 570 g/mol. The van der Waals surface area contributed by atoms with Gasteiger partial charge in [0.15, 0.2) is 18.1 Å². The molecule has 0 aliphatic heterocycles. The Morgan fingerprint density at radius 2 is 1.71 bits per heavy atom. The Morgan fingerprint density at radius 3 is 2.56 bits per heavy atom. The van der Waals surface area contributed by atoms with Crippen LogP contribution in [0.1, 0.15) is 61.6 Å². The van der Waals surface area contributed by atoms with Crippen LogP contribution >= 0.6 is 11.6 Å². The highest BCUT2D eigenvalue weighted by Gasteiger charge is 2.20. The second kappa shape index (κ2) is 14.0. The molecule has 0 heterocycles. The van der Waals surface area contributed by atoms with E-state index in [9.17, 15) is 4.79 Å². The highest BCUT2D eigenvalue weighted by atomic mass is 35.5. The van der Waals surface area contributed by atoms with Crippen LogP contribution in [-0.4, -0.2) is 25.3 Å². The van der Waals surface area contributed by atoms with Gasteiger partial charge in [0.2, 0.25) is 0 Å². The molecule has 212 valence electrons. The number of carbonyl (C=O) groups excluding carboxylic acids is 1. The van der Waals surface area contributed by atoms with Crippen molar-refractivity contribution in [2.24, 2.45) is 5.10 Å². The van der Waals surface area contributed by atoms with Crippen molar-refractivity contribution >= 4 is 34.5 Å². The third-order valence-corrected chi connectivity index (χ3v) is 7.54. The lowest BCUT2D eigenvalue weighted by molar-refractivity contribution is -0.123. The van der Waals surface area contributed by atoms with Crippen molar-refractivity contribution in [3.05, 3.63) is 101 Å². The number of fused-ring (bicyclic) bond motifs is 1. The van der Waals surface area contributed by atoms with E-state index in [0.29, 0.717) is 41.4 Å². The Bertz CT molecular complexity index is 1510. The van der Waals surface area contributed by atoms with Gasteiger partial charge < -0.3 is 14.2 Å². The van der Waals surface area contributed by atoms with Gasteiger partial charge in [0, 0.05) is 5.02 Å². The maximum Gasteiger partial charge on any atom is 0.277 e. The molecule has 4 aromatic carbocycles. The fourth-order valence-corrected chi connectivity index (χ4v) is 5.48. The first-order chi connectivity index (χ1) is 20.1. The van der Waals surface area contributed by atoms with Crippen LogP contribution in [0, 0.1) is 0 Å². The Hall–Kier alpha value is -4.03. The highest BCUT2D eigenvalue weighted by molar-refractivity contribution is 6.30. The molecule has 6 nitrogen and oxygen atoms in total. The Labute approximate surface area is 246 Å². The summed E-state index contributed by atoms with van der Waals surface area (Å²) in [5.74, 6) is 2.04. The van der Waals surface area contributed by atoms with E-state index in [2.05, 4.69) is 34.8 Å². The van der Waals surface area contributed by atoms with Crippen molar-refractivity contribution in [2.45, 2.75) is 51.6 Å². The zero-order valence-electron chi connectivity index (χ0n) is 23.3. The van der Waals surface area contributed by atoms with Crippen LogP contribution in [0.2, 0.25) is 5.02 Å². The first-order valence-corrected chi connectivity index (χ1v) is 14.6. The molecule has 1 amide bonds. The number of ether oxygens (including phenoxy) is 3. The molecular weight excluding hydrogens is 536 g/mol. The maximum atomic E-state index is 12.5. The predicted octanol–water partition coefficient (Wildman–Crippen LogP) is 8.05. The highest BCUT2D eigenvalue weighted by Crippen LogP contribution is 2.38. The average Bonchev–Trinajstić information content (AvgIpc) is 3.00. The third kappa shape index (κ3) is 7.59. The van der Waals surface area contributed by atoms with Crippen molar-refractivity contribution in [3.8, 4) is 17.2 Å². The summed E-state index contributed by atoms with van der Waals surface area (Å²) in [6.45, 7) is 2.70. The molecule has 0 spiro atoms. The minimum absolute atomic E-state index is 0.135. The predicted molar refractivity (Wildman–Crippen MR) is 164 cm³/mol. The Balaban J connectivity index is 1.18. The third-order valence-electron chi connectivity index (χ3n) is 7.31. The summed E-state index contributed by atoms with van der Waals surface area (Å²) in [6, 6.07) is 25.6. The number of halogens is 1. The standard InChI is InChI=1S/C34H35ClN2O4/c1-2-39-33-19-24(15-17-32(33)40-22-27-13-8-12-25-11-6-7-14-29(25)27)21-36-37-34(38)23-41-31-18-16-28(35)20-30(31)26-9-4-3-5-10-26/h6-8,11-21,26H,2-5,9-10,22-23H2,1H3,(H,37,38). The number of amides is 1. The van der Waals surface area contributed by atoms with Crippen molar-refractivity contribution in [1.82, 2.24) is 5.43 Å². The quantitative estimate of drug-likeness (QED) is 0.146. The molecule has 5 rings (SSSR count). The second-order valence-corrected chi connectivity index (χ2v) is 10.6. The molecule has 0 atom stereocenters.